The Morgan fingerprint density at radius 2 is 1.79 bits per heavy atom. The van der Waals surface area contributed by atoms with Gasteiger partial charge in [-0.1, -0.05) is 12.2 Å². The van der Waals surface area contributed by atoms with E-state index in [9.17, 15) is 9.59 Å². The van der Waals surface area contributed by atoms with Crippen molar-refractivity contribution < 1.29 is 9.59 Å². The first-order valence-corrected chi connectivity index (χ1v) is 6.45. The summed E-state index contributed by atoms with van der Waals surface area (Å²) in [6.45, 7) is 0.128. The smallest absolute Gasteiger partial charge is 0.233 e. The third-order valence-electron chi connectivity index (χ3n) is 3.79. The van der Waals surface area contributed by atoms with Gasteiger partial charge in [-0.15, -0.1) is 0 Å². The van der Waals surface area contributed by atoms with Gasteiger partial charge in [0.25, 0.3) is 0 Å². The van der Waals surface area contributed by atoms with Gasteiger partial charge < -0.3 is 0 Å². The molecule has 0 aromatic heterocycles. The van der Waals surface area contributed by atoms with E-state index in [1.807, 2.05) is 18.2 Å². The third kappa shape index (κ3) is 2.51. The van der Waals surface area contributed by atoms with Crippen molar-refractivity contribution in [3.63, 3.8) is 0 Å². The van der Waals surface area contributed by atoms with Crippen LogP contribution in [0, 0.1) is 40.4 Å². The number of hydrogen-bond donors (Lipinski definition) is 0. The fourth-order valence-corrected chi connectivity index (χ4v) is 2.70. The van der Waals surface area contributed by atoms with Crippen LogP contribution in [0.4, 0.5) is 0 Å². The highest BCUT2D eigenvalue weighted by Gasteiger charge is 2.47. The molecule has 2 aliphatic rings. The van der Waals surface area contributed by atoms with Gasteiger partial charge in [-0.2, -0.15) is 10.5 Å². The van der Waals surface area contributed by atoms with Gasteiger partial charge in [-0.25, -0.2) is 0 Å². The van der Waals surface area contributed by atoms with Crippen LogP contribution >= 0.6 is 0 Å². The summed E-state index contributed by atoms with van der Waals surface area (Å²) < 4.78 is 0. The number of rotatable bonds is 4. The number of allylic oxidation sites excluding steroid dienone is 2. The van der Waals surface area contributed by atoms with E-state index in [0.29, 0.717) is 19.3 Å². The summed E-state index contributed by atoms with van der Waals surface area (Å²) in [4.78, 5) is 25.6. The first kappa shape index (κ1) is 13.3. The molecule has 19 heavy (non-hydrogen) atoms. The minimum atomic E-state index is -0.444. The highest BCUT2D eigenvalue weighted by Crippen LogP contribution is 2.35. The number of hydrogen-bond acceptors (Lipinski definition) is 4. The standard InChI is InChI=1S/C14H15N3O2/c15-7-3-4-10(8-16)9-17-13(18)11-5-1-2-6-12(11)14(17)19/h1-2,10-12H,3-6,9H2/t10-,11-,12+/m0/s1. The summed E-state index contributed by atoms with van der Waals surface area (Å²) in [7, 11) is 0. The number of amides is 2. The molecule has 2 rings (SSSR count). The molecule has 5 nitrogen and oxygen atoms in total. The molecule has 0 spiro atoms. The molecule has 3 atom stereocenters. The van der Waals surface area contributed by atoms with Crippen molar-refractivity contribution in [2.75, 3.05) is 6.54 Å². The number of carbonyl (C=O) groups is 2. The van der Waals surface area contributed by atoms with Crippen molar-refractivity contribution in [2.24, 2.45) is 17.8 Å². The van der Waals surface area contributed by atoms with E-state index in [-0.39, 0.29) is 36.6 Å². The maximum Gasteiger partial charge on any atom is 0.233 e. The lowest BCUT2D eigenvalue weighted by Gasteiger charge is -2.17. The van der Waals surface area contributed by atoms with Crippen LogP contribution in [0.15, 0.2) is 12.2 Å². The number of nitrogens with zero attached hydrogens (tertiary/aromatic N) is 3. The fourth-order valence-electron chi connectivity index (χ4n) is 2.70. The first-order valence-electron chi connectivity index (χ1n) is 6.45. The molecule has 1 aliphatic heterocycles. The Morgan fingerprint density at radius 1 is 1.21 bits per heavy atom. The van der Waals surface area contributed by atoms with Crippen LogP contribution in [0.5, 0.6) is 0 Å². The molecule has 0 radical (unpaired) electrons. The Balaban J connectivity index is 2.05. The molecule has 1 heterocycles. The average molecular weight is 257 g/mol. The van der Waals surface area contributed by atoms with Crippen molar-refractivity contribution in [3.8, 4) is 12.1 Å². The topological polar surface area (TPSA) is 85.0 Å². The lowest BCUT2D eigenvalue weighted by Crippen LogP contribution is -2.35. The molecule has 0 unspecified atom stereocenters. The van der Waals surface area contributed by atoms with E-state index in [0.717, 1.165) is 0 Å². The summed E-state index contributed by atoms with van der Waals surface area (Å²) in [5, 5.41) is 17.6. The van der Waals surface area contributed by atoms with E-state index >= 15 is 0 Å². The van der Waals surface area contributed by atoms with E-state index in [1.165, 1.54) is 4.90 Å². The number of imide groups is 1. The maximum absolute atomic E-state index is 12.2. The van der Waals surface area contributed by atoms with Gasteiger partial charge >= 0.3 is 0 Å². The van der Waals surface area contributed by atoms with Crippen molar-refractivity contribution in [1.82, 2.24) is 4.90 Å². The molecule has 0 aromatic carbocycles. The number of fused-ring (bicyclic) bond motifs is 1. The van der Waals surface area contributed by atoms with Crippen LogP contribution in [0.1, 0.15) is 25.7 Å². The van der Waals surface area contributed by atoms with Crippen LogP contribution in [0.3, 0.4) is 0 Å². The van der Waals surface area contributed by atoms with Gasteiger partial charge in [0.2, 0.25) is 11.8 Å². The van der Waals surface area contributed by atoms with Crippen LogP contribution in [-0.2, 0) is 9.59 Å². The highest BCUT2D eigenvalue weighted by molar-refractivity contribution is 6.05. The van der Waals surface area contributed by atoms with Crippen LogP contribution in [0.2, 0.25) is 0 Å². The molecule has 0 N–H and O–H groups in total. The van der Waals surface area contributed by atoms with Gasteiger partial charge in [0, 0.05) is 13.0 Å². The zero-order chi connectivity index (χ0) is 13.8. The molecule has 0 bridgehead atoms. The SMILES string of the molecule is N#CCC[C@@H](C#N)CN1C(=O)[C@H]2CC=CC[C@H]2C1=O. The first-order chi connectivity index (χ1) is 9.19. The fraction of sp³-hybridized carbons (Fsp3) is 0.571. The Hall–Kier alpha value is -2.14. The van der Waals surface area contributed by atoms with E-state index in [4.69, 9.17) is 10.5 Å². The predicted octanol–water partition coefficient (Wildman–Crippen LogP) is 1.38. The summed E-state index contributed by atoms with van der Waals surface area (Å²) in [6, 6.07) is 4.05. The van der Waals surface area contributed by atoms with Gasteiger partial charge in [0.05, 0.1) is 29.9 Å². The van der Waals surface area contributed by atoms with Gasteiger partial charge in [-0.05, 0) is 19.3 Å². The van der Waals surface area contributed by atoms with Crippen molar-refractivity contribution >= 4 is 11.8 Å². The van der Waals surface area contributed by atoms with Crippen LogP contribution in [-0.4, -0.2) is 23.3 Å². The predicted molar refractivity (Wildman–Crippen MR) is 66.0 cm³/mol. The Labute approximate surface area is 112 Å². The number of nitriles is 2. The zero-order valence-electron chi connectivity index (χ0n) is 10.6. The Bertz CT molecular complexity index is 472. The average Bonchev–Trinajstić information content (AvgIpc) is 2.68. The van der Waals surface area contributed by atoms with Gasteiger partial charge in [0.15, 0.2) is 0 Å². The van der Waals surface area contributed by atoms with E-state index in [2.05, 4.69) is 6.07 Å². The lowest BCUT2D eigenvalue weighted by atomic mass is 9.85. The van der Waals surface area contributed by atoms with E-state index < -0.39 is 5.92 Å². The second kappa shape index (κ2) is 5.67. The highest BCUT2D eigenvalue weighted by atomic mass is 16.2. The molecular weight excluding hydrogens is 242 g/mol. The minimum Gasteiger partial charge on any atom is -0.281 e. The molecule has 1 aliphatic carbocycles. The second-order valence-electron chi connectivity index (χ2n) is 4.97. The Kier molecular flexibility index (Phi) is 3.97. The van der Waals surface area contributed by atoms with Crippen molar-refractivity contribution in [2.45, 2.75) is 25.7 Å². The molecule has 1 saturated heterocycles. The summed E-state index contributed by atoms with van der Waals surface area (Å²) in [5.41, 5.74) is 0. The summed E-state index contributed by atoms with van der Waals surface area (Å²) in [6.07, 6.45) is 5.77. The molecule has 0 saturated carbocycles. The summed E-state index contributed by atoms with van der Waals surface area (Å²) >= 11 is 0. The van der Waals surface area contributed by atoms with Gasteiger partial charge in [0.1, 0.15) is 0 Å². The van der Waals surface area contributed by atoms with Gasteiger partial charge in [-0.3, -0.25) is 14.5 Å². The number of carbonyl (C=O) groups excluding carboxylic acids is 2. The summed E-state index contributed by atoms with van der Waals surface area (Å²) in [5.74, 6) is -1.24. The molecule has 5 heteroatoms. The second-order valence-corrected chi connectivity index (χ2v) is 4.97. The molecule has 1 fully saturated rings. The van der Waals surface area contributed by atoms with Crippen molar-refractivity contribution in [3.05, 3.63) is 12.2 Å². The minimum absolute atomic E-state index is 0.128. The van der Waals surface area contributed by atoms with Crippen LogP contribution < -0.4 is 0 Å². The lowest BCUT2D eigenvalue weighted by molar-refractivity contribution is -0.140. The number of likely N-dealkylation sites (tertiary alicyclic amines) is 1. The van der Waals surface area contributed by atoms with Crippen molar-refractivity contribution in [1.29, 1.82) is 10.5 Å². The normalized spacial score (nSPS) is 26.7. The molecule has 98 valence electrons. The third-order valence-corrected chi connectivity index (χ3v) is 3.79. The largest absolute Gasteiger partial charge is 0.281 e. The molecule has 2 amide bonds. The quantitative estimate of drug-likeness (QED) is 0.562. The molecule has 0 aromatic rings. The molecular formula is C14H15N3O2. The van der Waals surface area contributed by atoms with Crippen LogP contribution in [0.25, 0.3) is 0 Å². The zero-order valence-corrected chi connectivity index (χ0v) is 10.6. The van der Waals surface area contributed by atoms with E-state index in [1.54, 1.807) is 0 Å². The maximum atomic E-state index is 12.2. The Morgan fingerprint density at radius 3 is 2.26 bits per heavy atom. The monoisotopic (exact) mass is 257 g/mol.